The van der Waals surface area contributed by atoms with Gasteiger partial charge in [0.2, 0.25) is 5.91 Å². The second kappa shape index (κ2) is 5.19. The van der Waals surface area contributed by atoms with E-state index in [4.69, 9.17) is 10.5 Å². The van der Waals surface area contributed by atoms with Crippen molar-refractivity contribution in [2.75, 3.05) is 26.3 Å². The molecule has 1 saturated heterocycles. The topological polar surface area (TPSA) is 64.3 Å². The van der Waals surface area contributed by atoms with Gasteiger partial charge in [-0.25, -0.2) is 0 Å². The highest BCUT2D eigenvalue weighted by molar-refractivity contribution is 5.76. The Balaban J connectivity index is 2.02. The lowest BCUT2D eigenvalue weighted by Gasteiger charge is -2.11. The van der Waals surface area contributed by atoms with E-state index in [0.29, 0.717) is 12.5 Å². The van der Waals surface area contributed by atoms with Crippen LogP contribution in [0.2, 0.25) is 0 Å². The van der Waals surface area contributed by atoms with E-state index in [1.165, 1.54) is 0 Å². The van der Waals surface area contributed by atoms with Gasteiger partial charge in [-0.1, -0.05) is 6.92 Å². The fourth-order valence-electron chi connectivity index (χ4n) is 1.35. The van der Waals surface area contributed by atoms with Crippen LogP contribution in [-0.2, 0) is 9.53 Å². The summed E-state index contributed by atoms with van der Waals surface area (Å²) in [6.07, 6.45) is 1.12. The lowest BCUT2D eigenvalue weighted by molar-refractivity contribution is -0.121. The molecule has 1 aliphatic heterocycles. The Hall–Kier alpha value is -0.610. The van der Waals surface area contributed by atoms with Crippen molar-refractivity contribution >= 4 is 5.91 Å². The summed E-state index contributed by atoms with van der Waals surface area (Å²) in [7, 11) is 0. The van der Waals surface area contributed by atoms with E-state index >= 15 is 0 Å². The fraction of sp³-hybridized carbons (Fsp3) is 0.889. The van der Waals surface area contributed by atoms with Crippen LogP contribution in [-0.4, -0.2) is 32.2 Å². The van der Waals surface area contributed by atoms with Gasteiger partial charge in [0.1, 0.15) is 0 Å². The van der Waals surface area contributed by atoms with E-state index < -0.39 is 0 Å². The quantitative estimate of drug-likeness (QED) is 0.621. The molecule has 4 nitrogen and oxygen atoms in total. The van der Waals surface area contributed by atoms with Crippen molar-refractivity contribution in [2.45, 2.75) is 13.3 Å². The van der Waals surface area contributed by atoms with Gasteiger partial charge in [-0.15, -0.1) is 0 Å². The van der Waals surface area contributed by atoms with E-state index in [0.717, 1.165) is 26.2 Å². The molecule has 1 fully saturated rings. The highest BCUT2D eigenvalue weighted by Crippen LogP contribution is 2.10. The summed E-state index contributed by atoms with van der Waals surface area (Å²) >= 11 is 0. The predicted molar refractivity (Wildman–Crippen MR) is 50.2 cm³/mol. The Kier molecular flexibility index (Phi) is 4.18. The second-order valence-corrected chi connectivity index (χ2v) is 3.69. The number of rotatable bonds is 5. The molecule has 2 unspecified atom stereocenters. The van der Waals surface area contributed by atoms with Crippen LogP contribution in [0.5, 0.6) is 0 Å². The number of nitrogens with two attached hydrogens (primary N) is 1. The van der Waals surface area contributed by atoms with Crippen LogP contribution in [0, 0.1) is 11.8 Å². The zero-order chi connectivity index (χ0) is 9.68. The molecule has 3 N–H and O–H groups in total. The van der Waals surface area contributed by atoms with Crippen LogP contribution in [0.25, 0.3) is 0 Å². The minimum Gasteiger partial charge on any atom is -0.381 e. The monoisotopic (exact) mass is 186 g/mol. The van der Waals surface area contributed by atoms with Crippen molar-refractivity contribution in [2.24, 2.45) is 17.6 Å². The van der Waals surface area contributed by atoms with Crippen LogP contribution >= 0.6 is 0 Å². The van der Waals surface area contributed by atoms with Crippen molar-refractivity contribution in [1.29, 1.82) is 0 Å². The molecular weight excluding hydrogens is 168 g/mol. The number of hydrogen-bond donors (Lipinski definition) is 2. The Labute approximate surface area is 78.8 Å². The second-order valence-electron chi connectivity index (χ2n) is 3.69. The molecule has 0 aromatic carbocycles. The summed E-state index contributed by atoms with van der Waals surface area (Å²) in [5.74, 6) is 0.289. The summed E-state index contributed by atoms with van der Waals surface area (Å²) < 4.78 is 5.23. The van der Waals surface area contributed by atoms with Gasteiger partial charge >= 0.3 is 0 Å². The molecular formula is C9H18N2O2. The van der Waals surface area contributed by atoms with Gasteiger partial charge in [-0.3, -0.25) is 4.79 Å². The van der Waals surface area contributed by atoms with E-state index in [2.05, 4.69) is 5.32 Å². The Morgan fingerprint density at radius 3 is 3.08 bits per heavy atom. The lowest BCUT2D eigenvalue weighted by atomic mass is 10.1. The molecule has 4 heteroatoms. The molecule has 0 aliphatic carbocycles. The summed E-state index contributed by atoms with van der Waals surface area (Å²) in [5.41, 5.74) is 5.13. The van der Waals surface area contributed by atoms with E-state index in [1.54, 1.807) is 0 Å². The first-order chi connectivity index (χ1) is 6.20. The summed E-state index contributed by atoms with van der Waals surface area (Å²) in [4.78, 5) is 10.7. The van der Waals surface area contributed by atoms with Crippen molar-refractivity contribution in [3.05, 3.63) is 0 Å². The van der Waals surface area contributed by atoms with Crippen molar-refractivity contribution in [3.8, 4) is 0 Å². The number of carbonyl (C=O) groups is 1. The summed E-state index contributed by atoms with van der Waals surface area (Å²) in [6, 6.07) is 0. The molecule has 2 atom stereocenters. The Bertz CT molecular complexity index is 167. The number of nitrogens with one attached hydrogen (secondary N) is 1. The predicted octanol–water partition coefficient (Wildman–Crippen LogP) is -0.266. The lowest BCUT2D eigenvalue weighted by Crippen LogP contribution is -2.33. The molecule has 1 rings (SSSR count). The van der Waals surface area contributed by atoms with Gasteiger partial charge in [0.15, 0.2) is 0 Å². The van der Waals surface area contributed by atoms with Gasteiger partial charge in [0, 0.05) is 25.6 Å². The molecule has 1 aliphatic rings. The van der Waals surface area contributed by atoms with Crippen LogP contribution in [0.1, 0.15) is 13.3 Å². The van der Waals surface area contributed by atoms with Gasteiger partial charge in [0.25, 0.3) is 0 Å². The normalized spacial score (nSPS) is 24.5. The SMILES string of the molecule is CC(CNCC1CCOC1)C(N)=O. The van der Waals surface area contributed by atoms with Gasteiger partial charge in [0.05, 0.1) is 6.61 Å². The molecule has 0 saturated carbocycles. The maximum atomic E-state index is 10.7. The molecule has 76 valence electrons. The van der Waals surface area contributed by atoms with Gasteiger partial charge in [-0.2, -0.15) is 0 Å². The van der Waals surface area contributed by atoms with Crippen molar-refractivity contribution < 1.29 is 9.53 Å². The zero-order valence-corrected chi connectivity index (χ0v) is 8.08. The van der Waals surface area contributed by atoms with E-state index in [-0.39, 0.29) is 11.8 Å². The molecule has 0 aromatic heterocycles. The molecule has 13 heavy (non-hydrogen) atoms. The largest absolute Gasteiger partial charge is 0.381 e. The standard InChI is InChI=1S/C9H18N2O2/c1-7(9(10)12)4-11-5-8-2-3-13-6-8/h7-8,11H,2-6H2,1H3,(H2,10,12). The number of amides is 1. The highest BCUT2D eigenvalue weighted by Gasteiger charge is 2.15. The molecule has 0 bridgehead atoms. The maximum absolute atomic E-state index is 10.7. The van der Waals surface area contributed by atoms with Crippen LogP contribution < -0.4 is 11.1 Å². The van der Waals surface area contributed by atoms with Crippen LogP contribution in [0.3, 0.4) is 0 Å². The molecule has 1 amide bonds. The molecule has 0 spiro atoms. The highest BCUT2D eigenvalue weighted by atomic mass is 16.5. The summed E-state index contributed by atoms with van der Waals surface area (Å²) in [6.45, 7) is 5.15. The maximum Gasteiger partial charge on any atom is 0.221 e. The third-order valence-corrected chi connectivity index (χ3v) is 2.39. The zero-order valence-electron chi connectivity index (χ0n) is 8.08. The average molecular weight is 186 g/mol. The van der Waals surface area contributed by atoms with E-state index in [1.807, 2.05) is 6.92 Å². The fourth-order valence-corrected chi connectivity index (χ4v) is 1.35. The third-order valence-electron chi connectivity index (χ3n) is 2.39. The number of primary amides is 1. The van der Waals surface area contributed by atoms with E-state index in [9.17, 15) is 4.79 Å². The minimum atomic E-state index is -0.241. The third kappa shape index (κ3) is 3.74. The van der Waals surface area contributed by atoms with Crippen LogP contribution in [0.4, 0.5) is 0 Å². The van der Waals surface area contributed by atoms with Crippen LogP contribution in [0.15, 0.2) is 0 Å². The minimum absolute atomic E-state index is 0.0812. The molecule has 0 radical (unpaired) electrons. The molecule has 1 heterocycles. The van der Waals surface area contributed by atoms with Crippen molar-refractivity contribution in [1.82, 2.24) is 5.32 Å². The number of hydrogen-bond acceptors (Lipinski definition) is 3. The first-order valence-corrected chi connectivity index (χ1v) is 4.78. The smallest absolute Gasteiger partial charge is 0.221 e. The first kappa shape index (κ1) is 10.5. The Morgan fingerprint density at radius 1 is 1.77 bits per heavy atom. The number of ether oxygens (including phenoxy) is 1. The summed E-state index contributed by atoms with van der Waals surface area (Å²) in [5, 5.41) is 3.23. The average Bonchev–Trinajstić information content (AvgIpc) is 2.56. The first-order valence-electron chi connectivity index (χ1n) is 4.78. The Morgan fingerprint density at radius 2 is 2.54 bits per heavy atom. The van der Waals surface area contributed by atoms with Crippen molar-refractivity contribution in [3.63, 3.8) is 0 Å². The number of carbonyl (C=O) groups excluding carboxylic acids is 1. The molecule has 0 aromatic rings. The van der Waals surface area contributed by atoms with Gasteiger partial charge < -0.3 is 15.8 Å². The van der Waals surface area contributed by atoms with Gasteiger partial charge in [-0.05, 0) is 12.3 Å².